The largest absolute Gasteiger partial charge is 0.324 e. The fourth-order valence-corrected chi connectivity index (χ4v) is 2.64. The van der Waals surface area contributed by atoms with Crippen molar-refractivity contribution in [2.24, 2.45) is 10.9 Å². The molecule has 7 heteroatoms. The van der Waals surface area contributed by atoms with Gasteiger partial charge in [0.05, 0.1) is 10.9 Å². The Balaban J connectivity index is 2.91. The molecular formula is C13H21N3O3S. The summed E-state index contributed by atoms with van der Waals surface area (Å²) in [5, 5.41) is 7.77. The lowest BCUT2D eigenvalue weighted by Crippen LogP contribution is -2.35. The Labute approximate surface area is 119 Å². The molecule has 0 bridgehead atoms. The highest BCUT2D eigenvalue weighted by molar-refractivity contribution is 7.89. The molecule has 0 spiro atoms. The Kier molecular flexibility index (Phi) is 5.67. The van der Waals surface area contributed by atoms with Gasteiger partial charge in [0, 0.05) is 5.69 Å². The highest BCUT2D eigenvalue weighted by Gasteiger charge is 2.17. The summed E-state index contributed by atoms with van der Waals surface area (Å²) in [5.41, 5.74) is 6.59. The zero-order chi connectivity index (χ0) is 15.3. The highest BCUT2D eigenvalue weighted by atomic mass is 32.2. The smallest absolute Gasteiger partial charge is 0.241 e. The van der Waals surface area contributed by atoms with Gasteiger partial charge in [-0.1, -0.05) is 25.8 Å². The minimum Gasteiger partial charge on any atom is -0.324 e. The average Bonchev–Trinajstić information content (AvgIpc) is 2.36. The Bertz CT molecular complexity index is 585. The minimum absolute atomic E-state index is 0.00238. The van der Waals surface area contributed by atoms with Gasteiger partial charge in [-0.25, -0.2) is 13.6 Å². The number of rotatable bonds is 6. The summed E-state index contributed by atoms with van der Waals surface area (Å²) in [4.78, 5) is 11.9. The number of carbonyl (C=O) groups excluding carboxylic acids is 1. The summed E-state index contributed by atoms with van der Waals surface area (Å²) in [6, 6.07) is 3.94. The van der Waals surface area contributed by atoms with Gasteiger partial charge < -0.3 is 11.1 Å². The molecule has 0 aliphatic rings. The standard InChI is InChI=1S/C13H21N3O3S/c1-3-4-6-10(14)13(17)16-11-7-5-8-12(9(11)2)20(15,18)19/h5,7-8,10H,3-4,6,14H2,1-2H3,(H,16,17)(H2,15,18,19). The van der Waals surface area contributed by atoms with Gasteiger partial charge in [-0.2, -0.15) is 0 Å². The SMILES string of the molecule is CCCCC(N)C(=O)Nc1cccc(S(N)(=O)=O)c1C. The quantitative estimate of drug-likeness (QED) is 0.729. The van der Waals surface area contributed by atoms with Crippen LogP contribution in [-0.2, 0) is 14.8 Å². The van der Waals surface area contributed by atoms with E-state index in [1.807, 2.05) is 6.92 Å². The Morgan fingerprint density at radius 2 is 2.05 bits per heavy atom. The topological polar surface area (TPSA) is 115 Å². The number of primary sulfonamides is 1. The van der Waals surface area contributed by atoms with Crippen LogP contribution in [0.3, 0.4) is 0 Å². The molecule has 0 radical (unpaired) electrons. The van der Waals surface area contributed by atoms with Crippen LogP contribution in [0.4, 0.5) is 5.69 Å². The summed E-state index contributed by atoms with van der Waals surface area (Å²) >= 11 is 0. The van der Waals surface area contributed by atoms with Crippen molar-refractivity contribution in [1.82, 2.24) is 0 Å². The first kappa shape index (κ1) is 16.6. The molecule has 6 nitrogen and oxygen atoms in total. The summed E-state index contributed by atoms with van der Waals surface area (Å²) in [6.07, 6.45) is 2.42. The number of sulfonamides is 1. The molecule has 0 aliphatic heterocycles. The number of amides is 1. The van der Waals surface area contributed by atoms with Crippen LogP contribution in [0, 0.1) is 6.92 Å². The fraction of sp³-hybridized carbons (Fsp3) is 0.462. The van der Waals surface area contributed by atoms with Crippen molar-refractivity contribution in [3.63, 3.8) is 0 Å². The van der Waals surface area contributed by atoms with Crippen LogP contribution in [0.1, 0.15) is 31.7 Å². The zero-order valence-corrected chi connectivity index (χ0v) is 12.5. The second-order valence-electron chi connectivity index (χ2n) is 4.71. The third-order valence-corrected chi connectivity index (χ3v) is 4.11. The van der Waals surface area contributed by atoms with E-state index < -0.39 is 16.1 Å². The first-order valence-electron chi connectivity index (χ1n) is 6.46. The van der Waals surface area contributed by atoms with Gasteiger partial charge in [0.15, 0.2) is 0 Å². The van der Waals surface area contributed by atoms with Gasteiger partial charge in [-0.15, -0.1) is 0 Å². The van der Waals surface area contributed by atoms with Crippen LogP contribution in [-0.4, -0.2) is 20.4 Å². The van der Waals surface area contributed by atoms with E-state index in [9.17, 15) is 13.2 Å². The van der Waals surface area contributed by atoms with Crippen molar-refractivity contribution in [2.75, 3.05) is 5.32 Å². The van der Waals surface area contributed by atoms with Crippen molar-refractivity contribution >= 4 is 21.6 Å². The molecule has 1 aromatic carbocycles. The molecule has 0 aliphatic carbocycles. The van der Waals surface area contributed by atoms with Crippen LogP contribution in [0.15, 0.2) is 23.1 Å². The molecule has 1 atom stereocenters. The summed E-state index contributed by atoms with van der Waals surface area (Å²) < 4.78 is 22.8. The number of nitrogens with two attached hydrogens (primary N) is 2. The third kappa shape index (κ3) is 4.29. The molecule has 0 heterocycles. The van der Waals surface area contributed by atoms with E-state index >= 15 is 0 Å². The number of benzene rings is 1. The van der Waals surface area contributed by atoms with Crippen molar-refractivity contribution < 1.29 is 13.2 Å². The molecule has 112 valence electrons. The number of anilines is 1. The van der Waals surface area contributed by atoms with Crippen LogP contribution >= 0.6 is 0 Å². The number of unbranched alkanes of at least 4 members (excludes halogenated alkanes) is 1. The van der Waals surface area contributed by atoms with Gasteiger partial charge in [-0.05, 0) is 31.0 Å². The lowest BCUT2D eigenvalue weighted by atomic mass is 10.1. The maximum Gasteiger partial charge on any atom is 0.241 e. The molecule has 1 unspecified atom stereocenters. The molecule has 1 rings (SSSR count). The summed E-state index contributed by atoms with van der Waals surface area (Å²) in [7, 11) is -3.81. The van der Waals surface area contributed by atoms with Gasteiger partial charge in [-0.3, -0.25) is 4.79 Å². The third-order valence-electron chi connectivity index (χ3n) is 3.05. The van der Waals surface area contributed by atoms with Crippen molar-refractivity contribution in [2.45, 2.75) is 44.0 Å². The van der Waals surface area contributed by atoms with Crippen molar-refractivity contribution in [3.8, 4) is 0 Å². The number of nitrogens with one attached hydrogen (secondary N) is 1. The fourth-order valence-electron chi connectivity index (χ4n) is 1.84. The first-order valence-corrected chi connectivity index (χ1v) is 8.00. The molecule has 0 fully saturated rings. The monoisotopic (exact) mass is 299 g/mol. The van der Waals surface area contributed by atoms with Crippen LogP contribution < -0.4 is 16.2 Å². The zero-order valence-electron chi connectivity index (χ0n) is 11.7. The Morgan fingerprint density at radius 1 is 1.40 bits per heavy atom. The number of hydrogen-bond donors (Lipinski definition) is 3. The van der Waals surface area contributed by atoms with Crippen LogP contribution in [0.5, 0.6) is 0 Å². The van der Waals surface area contributed by atoms with E-state index in [0.717, 1.165) is 12.8 Å². The van der Waals surface area contributed by atoms with Gasteiger partial charge in [0.2, 0.25) is 15.9 Å². The lowest BCUT2D eigenvalue weighted by Gasteiger charge is -2.14. The Morgan fingerprint density at radius 3 is 2.60 bits per heavy atom. The molecule has 0 aromatic heterocycles. The predicted molar refractivity (Wildman–Crippen MR) is 78.7 cm³/mol. The van der Waals surface area contributed by atoms with Crippen LogP contribution in [0.25, 0.3) is 0 Å². The molecular weight excluding hydrogens is 278 g/mol. The first-order chi connectivity index (χ1) is 9.27. The maximum atomic E-state index is 11.9. The molecule has 20 heavy (non-hydrogen) atoms. The number of carbonyl (C=O) groups is 1. The van der Waals surface area contributed by atoms with Gasteiger partial charge >= 0.3 is 0 Å². The van der Waals surface area contributed by atoms with Crippen molar-refractivity contribution in [1.29, 1.82) is 0 Å². The average molecular weight is 299 g/mol. The molecule has 1 aromatic rings. The maximum absolute atomic E-state index is 11.9. The summed E-state index contributed by atoms with van der Waals surface area (Å²) in [6.45, 7) is 3.61. The van der Waals surface area contributed by atoms with E-state index in [2.05, 4.69) is 5.32 Å². The molecule has 0 saturated carbocycles. The van der Waals surface area contributed by atoms with Gasteiger partial charge in [0.1, 0.15) is 0 Å². The second-order valence-corrected chi connectivity index (χ2v) is 6.24. The van der Waals surface area contributed by atoms with Crippen molar-refractivity contribution in [3.05, 3.63) is 23.8 Å². The molecule has 0 saturated heterocycles. The van der Waals surface area contributed by atoms with E-state index in [1.165, 1.54) is 12.1 Å². The van der Waals surface area contributed by atoms with E-state index in [4.69, 9.17) is 10.9 Å². The van der Waals surface area contributed by atoms with E-state index in [0.29, 0.717) is 17.7 Å². The molecule has 1 amide bonds. The second kappa shape index (κ2) is 6.83. The highest BCUT2D eigenvalue weighted by Crippen LogP contribution is 2.22. The molecule has 5 N–H and O–H groups in total. The minimum atomic E-state index is -3.81. The lowest BCUT2D eigenvalue weighted by molar-refractivity contribution is -0.117. The van der Waals surface area contributed by atoms with E-state index in [1.54, 1.807) is 13.0 Å². The Hall–Kier alpha value is -1.44. The predicted octanol–water partition coefficient (Wildman–Crippen LogP) is 1.10. The van der Waals surface area contributed by atoms with Crippen LogP contribution in [0.2, 0.25) is 0 Å². The number of hydrogen-bond acceptors (Lipinski definition) is 4. The van der Waals surface area contributed by atoms with E-state index in [-0.39, 0.29) is 10.8 Å². The summed E-state index contributed by atoms with van der Waals surface area (Å²) in [5.74, 6) is -0.326. The normalized spacial score (nSPS) is 13.0. The van der Waals surface area contributed by atoms with Gasteiger partial charge in [0.25, 0.3) is 0 Å².